The zero-order chi connectivity index (χ0) is 19.2. The van der Waals surface area contributed by atoms with Crippen LogP contribution in [0.5, 0.6) is 5.75 Å². The van der Waals surface area contributed by atoms with Crippen molar-refractivity contribution in [2.75, 3.05) is 12.4 Å². The second kappa shape index (κ2) is 8.39. The number of amides is 1. The van der Waals surface area contributed by atoms with Crippen molar-refractivity contribution in [3.63, 3.8) is 0 Å². The molecule has 6 nitrogen and oxygen atoms in total. The summed E-state index contributed by atoms with van der Waals surface area (Å²) in [4.78, 5) is 12.8. The summed E-state index contributed by atoms with van der Waals surface area (Å²) >= 11 is 6.09. The standard InChI is InChI=1S/C20H17ClN4O2/c1-27-17-8-6-16(7-9-17)23-20(26)18-13-25(11-3-10-22)24-19(18)14-4-2-5-15(21)12-14/h2,4-9,12-13H,3,11H2,1H3,(H,23,26). The van der Waals surface area contributed by atoms with E-state index in [1.54, 1.807) is 60.5 Å². The molecule has 0 bridgehead atoms. The number of hydrogen-bond donors (Lipinski definition) is 1. The molecular weight excluding hydrogens is 364 g/mol. The summed E-state index contributed by atoms with van der Waals surface area (Å²) in [7, 11) is 1.58. The second-order valence-electron chi connectivity index (χ2n) is 5.76. The number of rotatable bonds is 6. The zero-order valence-electron chi connectivity index (χ0n) is 14.6. The van der Waals surface area contributed by atoms with Crippen LogP contribution in [0.1, 0.15) is 16.8 Å². The molecule has 0 radical (unpaired) electrons. The van der Waals surface area contributed by atoms with Gasteiger partial charge in [-0.05, 0) is 36.4 Å². The second-order valence-corrected chi connectivity index (χ2v) is 6.19. The van der Waals surface area contributed by atoms with Crippen LogP contribution in [0.2, 0.25) is 5.02 Å². The lowest BCUT2D eigenvalue weighted by molar-refractivity contribution is 0.102. The Morgan fingerprint density at radius 2 is 2.07 bits per heavy atom. The van der Waals surface area contributed by atoms with Crippen LogP contribution in [-0.4, -0.2) is 22.8 Å². The van der Waals surface area contributed by atoms with Crippen molar-refractivity contribution in [2.24, 2.45) is 0 Å². The average Bonchev–Trinajstić information content (AvgIpc) is 3.11. The summed E-state index contributed by atoms with van der Waals surface area (Å²) in [6.07, 6.45) is 1.95. The summed E-state index contributed by atoms with van der Waals surface area (Å²) in [5.74, 6) is 0.412. The Morgan fingerprint density at radius 3 is 2.74 bits per heavy atom. The van der Waals surface area contributed by atoms with E-state index in [0.29, 0.717) is 40.7 Å². The fourth-order valence-corrected chi connectivity index (χ4v) is 2.78. The molecule has 27 heavy (non-hydrogen) atoms. The lowest BCUT2D eigenvalue weighted by atomic mass is 10.1. The third-order valence-corrected chi connectivity index (χ3v) is 4.14. The smallest absolute Gasteiger partial charge is 0.259 e. The van der Waals surface area contributed by atoms with Crippen molar-refractivity contribution in [1.29, 1.82) is 5.26 Å². The highest BCUT2D eigenvalue weighted by molar-refractivity contribution is 6.30. The number of aryl methyl sites for hydroxylation is 1. The Morgan fingerprint density at radius 1 is 1.30 bits per heavy atom. The van der Waals surface area contributed by atoms with Gasteiger partial charge in [-0.25, -0.2) is 0 Å². The van der Waals surface area contributed by atoms with Crippen LogP contribution in [0.25, 0.3) is 11.3 Å². The lowest BCUT2D eigenvalue weighted by Gasteiger charge is -2.07. The molecule has 0 spiro atoms. The number of benzene rings is 2. The average molecular weight is 381 g/mol. The highest BCUT2D eigenvalue weighted by Crippen LogP contribution is 2.26. The van der Waals surface area contributed by atoms with Gasteiger partial charge in [-0.2, -0.15) is 10.4 Å². The Kier molecular flexibility index (Phi) is 5.74. The summed E-state index contributed by atoms with van der Waals surface area (Å²) in [6, 6.07) is 16.3. The van der Waals surface area contributed by atoms with E-state index in [1.807, 2.05) is 6.07 Å². The van der Waals surface area contributed by atoms with Crippen LogP contribution in [-0.2, 0) is 6.54 Å². The summed E-state index contributed by atoms with van der Waals surface area (Å²) in [5, 5.41) is 16.7. The number of nitrogens with zero attached hydrogens (tertiary/aromatic N) is 3. The maximum Gasteiger partial charge on any atom is 0.259 e. The number of carbonyl (C=O) groups excluding carboxylic acids is 1. The number of methoxy groups -OCH3 is 1. The number of halogens is 1. The topological polar surface area (TPSA) is 79.9 Å². The predicted octanol–water partition coefficient (Wildman–Crippen LogP) is 4.38. The molecule has 0 fully saturated rings. The molecule has 0 unspecified atom stereocenters. The molecule has 0 atom stereocenters. The molecule has 2 aromatic carbocycles. The highest BCUT2D eigenvalue weighted by atomic mass is 35.5. The van der Waals surface area contributed by atoms with E-state index in [1.165, 1.54) is 0 Å². The van der Waals surface area contributed by atoms with Crippen LogP contribution >= 0.6 is 11.6 Å². The number of ether oxygens (including phenoxy) is 1. The molecule has 0 aliphatic rings. The molecule has 1 heterocycles. The quantitative estimate of drug-likeness (QED) is 0.688. The van der Waals surface area contributed by atoms with E-state index in [2.05, 4.69) is 16.5 Å². The highest BCUT2D eigenvalue weighted by Gasteiger charge is 2.18. The van der Waals surface area contributed by atoms with Crippen LogP contribution in [0.3, 0.4) is 0 Å². The first-order chi connectivity index (χ1) is 13.1. The van der Waals surface area contributed by atoms with E-state index in [0.717, 1.165) is 5.56 Å². The summed E-state index contributed by atoms with van der Waals surface area (Å²) in [6.45, 7) is 0.403. The van der Waals surface area contributed by atoms with Gasteiger partial charge in [0.2, 0.25) is 0 Å². The van der Waals surface area contributed by atoms with E-state index in [9.17, 15) is 4.79 Å². The number of aromatic nitrogens is 2. The Hall–Kier alpha value is -3.30. The van der Waals surface area contributed by atoms with Crippen molar-refractivity contribution < 1.29 is 9.53 Å². The summed E-state index contributed by atoms with van der Waals surface area (Å²) < 4.78 is 6.72. The van der Waals surface area contributed by atoms with E-state index in [-0.39, 0.29) is 5.91 Å². The normalized spacial score (nSPS) is 10.3. The molecule has 1 amide bonds. The number of hydrogen-bond acceptors (Lipinski definition) is 4. The van der Waals surface area contributed by atoms with E-state index < -0.39 is 0 Å². The van der Waals surface area contributed by atoms with Crippen LogP contribution < -0.4 is 10.1 Å². The van der Waals surface area contributed by atoms with Gasteiger partial charge in [0.15, 0.2) is 0 Å². The maximum absolute atomic E-state index is 12.8. The number of carbonyl (C=O) groups is 1. The van der Waals surface area contributed by atoms with Crippen LogP contribution in [0, 0.1) is 11.3 Å². The molecule has 0 saturated heterocycles. The van der Waals surface area contributed by atoms with Crippen molar-refractivity contribution >= 4 is 23.2 Å². The zero-order valence-corrected chi connectivity index (χ0v) is 15.4. The Bertz CT molecular complexity index is 990. The van der Waals surface area contributed by atoms with Crippen molar-refractivity contribution in [3.8, 4) is 23.1 Å². The number of anilines is 1. The maximum atomic E-state index is 12.8. The van der Waals surface area contributed by atoms with Crippen LogP contribution in [0.4, 0.5) is 5.69 Å². The van der Waals surface area contributed by atoms with Gasteiger partial charge in [-0.1, -0.05) is 23.7 Å². The molecule has 3 rings (SSSR count). The molecule has 136 valence electrons. The largest absolute Gasteiger partial charge is 0.497 e. The molecule has 0 aliphatic carbocycles. The Balaban J connectivity index is 1.92. The monoisotopic (exact) mass is 380 g/mol. The number of nitrogens with one attached hydrogen (secondary N) is 1. The molecule has 1 N–H and O–H groups in total. The first-order valence-corrected chi connectivity index (χ1v) is 8.64. The van der Waals surface area contributed by atoms with Gasteiger partial charge < -0.3 is 10.1 Å². The van der Waals surface area contributed by atoms with Crippen molar-refractivity contribution in [3.05, 3.63) is 65.3 Å². The van der Waals surface area contributed by atoms with Gasteiger partial charge in [-0.15, -0.1) is 0 Å². The molecule has 3 aromatic rings. The van der Waals surface area contributed by atoms with Crippen LogP contribution in [0.15, 0.2) is 54.7 Å². The van der Waals surface area contributed by atoms with Gasteiger partial charge in [0, 0.05) is 22.5 Å². The minimum absolute atomic E-state index is 0.293. The third kappa shape index (κ3) is 4.46. The van der Waals surface area contributed by atoms with Gasteiger partial charge >= 0.3 is 0 Å². The van der Waals surface area contributed by atoms with Crippen molar-refractivity contribution in [2.45, 2.75) is 13.0 Å². The minimum Gasteiger partial charge on any atom is -0.497 e. The van der Waals surface area contributed by atoms with Gasteiger partial charge in [0.05, 0.1) is 31.7 Å². The Labute approximate surface area is 161 Å². The fraction of sp³-hybridized carbons (Fsp3) is 0.150. The minimum atomic E-state index is -0.293. The van der Waals surface area contributed by atoms with Crippen molar-refractivity contribution in [1.82, 2.24) is 9.78 Å². The lowest BCUT2D eigenvalue weighted by Crippen LogP contribution is -2.12. The first kappa shape index (κ1) is 18.5. The van der Waals surface area contributed by atoms with E-state index in [4.69, 9.17) is 21.6 Å². The molecule has 1 aromatic heterocycles. The molecule has 0 aliphatic heterocycles. The van der Waals surface area contributed by atoms with E-state index >= 15 is 0 Å². The number of nitriles is 1. The SMILES string of the molecule is COc1ccc(NC(=O)c2cn(CCC#N)nc2-c2cccc(Cl)c2)cc1. The molecule has 7 heteroatoms. The summed E-state index contributed by atoms with van der Waals surface area (Å²) in [5.41, 5.74) is 2.30. The molecular formula is C20H17ClN4O2. The predicted molar refractivity (Wildman–Crippen MR) is 104 cm³/mol. The molecule has 0 saturated carbocycles. The van der Waals surface area contributed by atoms with Gasteiger partial charge in [-0.3, -0.25) is 9.48 Å². The first-order valence-electron chi connectivity index (χ1n) is 8.26. The fourth-order valence-electron chi connectivity index (χ4n) is 2.59. The van der Waals surface area contributed by atoms with Gasteiger partial charge in [0.1, 0.15) is 11.4 Å². The van der Waals surface area contributed by atoms with Gasteiger partial charge in [0.25, 0.3) is 5.91 Å². The third-order valence-electron chi connectivity index (χ3n) is 3.90.